The summed E-state index contributed by atoms with van der Waals surface area (Å²) in [5, 5.41) is 3.36. The van der Waals surface area contributed by atoms with Gasteiger partial charge in [0.2, 0.25) is 0 Å². The molecule has 1 saturated heterocycles. The third kappa shape index (κ3) is 2.94. The Balaban J connectivity index is 1.52. The largest absolute Gasteiger partial charge is 0.348 e. The third-order valence-electron chi connectivity index (χ3n) is 3.16. The third-order valence-corrected chi connectivity index (χ3v) is 3.16. The van der Waals surface area contributed by atoms with E-state index < -0.39 is 5.79 Å². The monoisotopic (exact) mass is 261 g/mol. The van der Waals surface area contributed by atoms with E-state index in [9.17, 15) is 0 Å². The Hall–Kier alpha value is -1.43. The molecule has 19 heavy (non-hydrogen) atoms. The van der Waals surface area contributed by atoms with Crippen molar-refractivity contribution in [2.45, 2.75) is 32.3 Å². The van der Waals surface area contributed by atoms with E-state index in [0.29, 0.717) is 6.61 Å². The average Bonchev–Trinajstić information content (AvgIpc) is 2.92. The number of aromatic nitrogens is 2. The highest BCUT2D eigenvalue weighted by atomic mass is 16.7. The van der Waals surface area contributed by atoms with Crippen LogP contribution in [0.5, 0.6) is 0 Å². The maximum Gasteiger partial charge on any atom is 0.163 e. The molecule has 0 amide bonds. The van der Waals surface area contributed by atoms with Crippen molar-refractivity contribution in [3.63, 3.8) is 0 Å². The molecule has 1 atom stereocenters. The van der Waals surface area contributed by atoms with E-state index in [-0.39, 0.29) is 6.10 Å². The maximum atomic E-state index is 5.74. The Morgan fingerprint density at radius 3 is 3.11 bits per heavy atom. The van der Waals surface area contributed by atoms with Crippen LogP contribution in [0.4, 0.5) is 0 Å². The molecule has 5 heteroatoms. The highest BCUT2D eigenvalue weighted by molar-refractivity contribution is 5.39. The van der Waals surface area contributed by atoms with Crippen molar-refractivity contribution in [1.82, 2.24) is 14.7 Å². The summed E-state index contributed by atoms with van der Waals surface area (Å²) in [6.07, 6.45) is 4.16. The zero-order chi connectivity index (χ0) is 13.3. The number of fused-ring (bicyclic) bond motifs is 1. The number of ether oxygens (including phenoxy) is 2. The number of hydrogen-bond donors (Lipinski definition) is 1. The Morgan fingerprint density at radius 2 is 2.37 bits per heavy atom. The summed E-state index contributed by atoms with van der Waals surface area (Å²) < 4.78 is 13.3. The Labute approximate surface area is 112 Å². The van der Waals surface area contributed by atoms with Crippen molar-refractivity contribution in [2.75, 3.05) is 13.2 Å². The van der Waals surface area contributed by atoms with Gasteiger partial charge in [-0.3, -0.25) is 0 Å². The maximum absolute atomic E-state index is 5.74. The van der Waals surface area contributed by atoms with Crippen LogP contribution in [-0.2, 0) is 16.0 Å². The van der Waals surface area contributed by atoms with Gasteiger partial charge in [0.1, 0.15) is 5.65 Å². The molecule has 1 aliphatic rings. The molecule has 0 radical (unpaired) electrons. The zero-order valence-electron chi connectivity index (χ0n) is 11.3. The fourth-order valence-electron chi connectivity index (χ4n) is 2.30. The predicted molar refractivity (Wildman–Crippen MR) is 71.8 cm³/mol. The molecule has 2 aromatic heterocycles. The summed E-state index contributed by atoms with van der Waals surface area (Å²) in [7, 11) is 0. The number of hydrogen-bond acceptors (Lipinski definition) is 4. The fourth-order valence-corrected chi connectivity index (χ4v) is 2.30. The van der Waals surface area contributed by atoms with Crippen molar-refractivity contribution in [2.24, 2.45) is 0 Å². The van der Waals surface area contributed by atoms with E-state index in [0.717, 1.165) is 24.4 Å². The zero-order valence-corrected chi connectivity index (χ0v) is 11.3. The summed E-state index contributed by atoms with van der Waals surface area (Å²) in [6, 6.07) is 5.99. The molecule has 2 aromatic rings. The lowest BCUT2D eigenvalue weighted by Crippen LogP contribution is -2.30. The van der Waals surface area contributed by atoms with Gasteiger partial charge < -0.3 is 19.2 Å². The molecule has 3 rings (SSSR count). The second-order valence-corrected chi connectivity index (χ2v) is 5.28. The SMILES string of the molecule is CC1(C)OCC(CNCc2cn3ccccc3n2)O1. The number of rotatable bonds is 4. The lowest BCUT2D eigenvalue weighted by Gasteiger charge is -2.17. The van der Waals surface area contributed by atoms with Gasteiger partial charge >= 0.3 is 0 Å². The Morgan fingerprint density at radius 1 is 1.47 bits per heavy atom. The van der Waals surface area contributed by atoms with Crippen molar-refractivity contribution in [1.29, 1.82) is 0 Å². The highest BCUT2D eigenvalue weighted by Crippen LogP contribution is 2.21. The summed E-state index contributed by atoms with van der Waals surface area (Å²) in [5.74, 6) is -0.449. The minimum Gasteiger partial charge on any atom is -0.348 e. The molecule has 1 aliphatic heterocycles. The van der Waals surface area contributed by atoms with Crippen LogP contribution >= 0.6 is 0 Å². The first-order valence-corrected chi connectivity index (χ1v) is 6.57. The Kier molecular flexibility index (Phi) is 3.26. The van der Waals surface area contributed by atoms with Crippen LogP contribution in [-0.4, -0.2) is 34.4 Å². The van der Waals surface area contributed by atoms with E-state index in [1.165, 1.54) is 0 Å². The first-order chi connectivity index (χ1) is 9.12. The van der Waals surface area contributed by atoms with Gasteiger partial charge in [-0.15, -0.1) is 0 Å². The molecule has 5 nitrogen and oxygen atoms in total. The van der Waals surface area contributed by atoms with E-state index in [1.54, 1.807) is 0 Å². The number of imidazole rings is 1. The van der Waals surface area contributed by atoms with Crippen LogP contribution in [0.15, 0.2) is 30.6 Å². The smallest absolute Gasteiger partial charge is 0.163 e. The van der Waals surface area contributed by atoms with Gasteiger partial charge in [-0.2, -0.15) is 0 Å². The molecule has 1 unspecified atom stereocenters. The molecule has 0 aliphatic carbocycles. The Bertz CT molecular complexity index is 532. The normalized spacial score (nSPS) is 22.1. The summed E-state index contributed by atoms with van der Waals surface area (Å²) in [4.78, 5) is 4.53. The van der Waals surface area contributed by atoms with Gasteiger partial charge in [-0.05, 0) is 26.0 Å². The van der Waals surface area contributed by atoms with E-state index in [4.69, 9.17) is 9.47 Å². The summed E-state index contributed by atoms with van der Waals surface area (Å²) in [6.45, 7) is 6.04. The van der Waals surface area contributed by atoms with Crippen molar-refractivity contribution in [3.05, 3.63) is 36.3 Å². The van der Waals surface area contributed by atoms with Crippen LogP contribution < -0.4 is 5.32 Å². The van der Waals surface area contributed by atoms with Crippen LogP contribution in [0.2, 0.25) is 0 Å². The lowest BCUT2D eigenvalue weighted by atomic mass is 10.3. The lowest BCUT2D eigenvalue weighted by molar-refractivity contribution is -0.137. The molecular weight excluding hydrogens is 242 g/mol. The molecule has 1 N–H and O–H groups in total. The second-order valence-electron chi connectivity index (χ2n) is 5.28. The predicted octanol–water partition coefficient (Wildman–Crippen LogP) is 1.58. The summed E-state index contributed by atoms with van der Waals surface area (Å²) in [5.41, 5.74) is 2.00. The van der Waals surface area contributed by atoms with Gasteiger partial charge in [0.25, 0.3) is 0 Å². The van der Waals surface area contributed by atoms with Gasteiger partial charge in [0.05, 0.1) is 18.4 Å². The quantitative estimate of drug-likeness (QED) is 0.907. The van der Waals surface area contributed by atoms with Crippen molar-refractivity contribution < 1.29 is 9.47 Å². The van der Waals surface area contributed by atoms with Gasteiger partial charge in [0, 0.05) is 25.5 Å². The molecule has 3 heterocycles. The van der Waals surface area contributed by atoms with Crippen molar-refractivity contribution >= 4 is 5.65 Å². The van der Waals surface area contributed by atoms with E-state index >= 15 is 0 Å². The highest BCUT2D eigenvalue weighted by Gasteiger charge is 2.32. The second kappa shape index (κ2) is 4.92. The molecule has 0 aromatic carbocycles. The van der Waals surface area contributed by atoms with E-state index in [2.05, 4.69) is 10.3 Å². The number of nitrogens with one attached hydrogen (secondary N) is 1. The number of nitrogens with zero attached hydrogens (tertiary/aromatic N) is 2. The molecular formula is C14H19N3O2. The first kappa shape index (κ1) is 12.6. The molecule has 0 saturated carbocycles. The number of pyridine rings is 1. The summed E-state index contributed by atoms with van der Waals surface area (Å²) >= 11 is 0. The standard InChI is InChI=1S/C14H19N3O2/c1-14(2)18-10-12(19-14)8-15-7-11-9-17-6-4-3-5-13(17)16-11/h3-6,9,12,15H,7-8,10H2,1-2H3. The van der Waals surface area contributed by atoms with Crippen molar-refractivity contribution in [3.8, 4) is 0 Å². The minimum absolute atomic E-state index is 0.118. The van der Waals surface area contributed by atoms with Gasteiger partial charge in [-0.25, -0.2) is 4.98 Å². The van der Waals surface area contributed by atoms with Crippen LogP contribution in [0.1, 0.15) is 19.5 Å². The van der Waals surface area contributed by atoms with E-state index in [1.807, 2.05) is 48.8 Å². The van der Waals surface area contributed by atoms with Gasteiger partial charge in [0.15, 0.2) is 5.79 Å². The molecule has 102 valence electrons. The van der Waals surface area contributed by atoms with Gasteiger partial charge in [-0.1, -0.05) is 6.07 Å². The fraction of sp³-hybridized carbons (Fsp3) is 0.500. The minimum atomic E-state index is -0.449. The van der Waals surface area contributed by atoms with Crippen LogP contribution in [0.25, 0.3) is 5.65 Å². The molecule has 1 fully saturated rings. The average molecular weight is 261 g/mol. The molecule has 0 bridgehead atoms. The van der Waals surface area contributed by atoms with Crippen LogP contribution in [0.3, 0.4) is 0 Å². The first-order valence-electron chi connectivity index (χ1n) is 6.57. The molecule has 0 spiro atoms. The topological polar surface area (TPSA) is 47.8 Å². The van der Waals surface area contributed by atoms with Crippen LogP contribution in [0, 0.1) is 0 Å².